The molecule has 0 bridgehead atoms. The van der Waals surface area contributed by atoms with Crippen molar-refractivity contribution in [3.05, 3.63) is 69.2 Å². The van der Waals surface area contributed by atoms with Gasteiger partial charge in [-0.1, -0.05) is 23.7 Å². The molecule has 0 aliphatic carbocycles. The number of nitrogens with zero attached hydrogens (tertiary/aromatic N) is 3. The molecule has 0 radical (unpaired) electrons. The molecule has 0 aromatic heterocycles. The normalized spacial score (nSPS) is 14.2. The van der Waals surface area contributed by atoms with Gasteiger partial charge in [-0.05, 0) is 36.2 Å². The first-order valence-corrected chi connectivity index (χ1v) is 9.63. The molecular formula is C20H21ClN4O4. The summed E-state index contributed by atoms with van der Waals surface area (Å²) < 4.78 is 0. The van der Waals surface area contributed by atoms with Crippen molar-refractivity contribution in [3.63, 3.8) is 0 Å². The van der Waals surface area contributed by atoms with Crippen LogP contribution in [0, 0.1) is 10.1 Å². The van der Waals surface area contributed by atoms with Crippen LogP contribution in [0.5, 0.6) is 0 Å². The molecule has 3 amide bonds. The lowest BCUT2D eigenvalue weighted by molar-refractivity contribution is -0.384. The summed E-state index contributed by atoms with van der Waals surface area (Å²) in [5.41, 5.74) is 1.38. The minimum Gasteiger partial charge on any atom is -0.341 e. The van der Waals surface area contributed by atoms with Crippen molar-refractivity contribution in [2.24, 2.45) is 0 Å². The second kappa shape index (κ2) is 9.38. The Morgan fingerprint density at radius 2 is 1.59 bits per heavy atom. The highest BCUT2D eigenvalue weighted by molar-refractivity contribution is 6.30. The van der Waals surface area contributed by atoms with Crippen LogP contribution >= 0.6 is 11.6 Å². The highest BCUT2D eigenvalue weighted by atomic mass is 35.5. The van der Waals surface area contributed by atoms with Crippen LogP contribution in [0.15, 0.2) is 48.5 Å². The summed E-state index contributed by atoms with van der Waals surface area (Å²) in [4.78, 5) is 38.8. The third-order valence-corrected chi connectivity index (χ3v) is 4.99. The van der Waals surface area contributed by atoms with E-state index in [1.54, 1.807) is 46.2 Å². The molecular weight excluding hydrogens is 396 g/mol. The lowest BCUT2D eigenvalue weighted by atomic mass is 10.1. The van der Waals surface area contributed by atoms with Gasteiger partial charge in [0.25, 0.3) is 5.69 Å². The second-order valence-electron chi connectivity index (χ2n) is 6.76. The van der Waals surface area contributed by atoms with Crippen LogP contribution in [0.4, 0.5) is 16.2 Å². The zero-order chi connectivity index (χ0) is 20.8. The van der Waals surface area contributed by atoms with E-state index in [-0.39, 0.29) is 24.0 Å². The maximum Gasteiger partial charge on any atom is 0.321 e. The number of nitro groups is 1. The van der Waals surface area contributed by atoms with Crippen molar-refractivity contribution in [1.82, 2.24) is 9.80 Å². The van der Waals surface area contributed by atoms with Gasteiger partial charge in [-0.15, -0.1) is 0 Å². The smallest absolute Gasteiger partial charge is 0.321 e. The average molecular weight is 417 g/mol. The van der Waals surface area contributed by atoms with E-state index in [2.05, 4.69) is 5.32 Å². The van der Waals surface area contributed by atoms with Crippen LogP contribution in [0.3, 0.4) is 0 Å². The number of hydrogen-bond acceptors (Lipinski definition) is 4. The van der Waals surface area contributed by atoms with Gasteiger partial charge in [0.15, 0.2) is 0 Å². The van der Waals surface area contributed by atoms with Gasteiger partial charge in [0.2, 0.25) is 5.91 Å². The van der Waals surface area contributed by atoms with E-state index >= 15 is 0 Å². The van der Waals surface area contributed by atoms with Gasteiger partial charge in [-0.25, -0.2) is 4.79 Å². The summed E-state index contributed by atoms with van der Waals surface area (Å²) in [7, 11) is 0. The van der Waals surface area contributed by atoms with Gasteiger partial charge >= 0.3 is 6.03 Å². The fourth-order valence-corrected chi connectivity index (χ4v) is 3.25. The topological polar surface area (TPSA) is 95.8 Å². The first-order chi connectivity index (χ1) is 13.9. The molecule has 2 aromatic rings. The molecule has 152 valence electrons. The molecule has 8 nitrogen and oxygen atoms in total. The van der Waals surface area contributed by atoms with E-state index in [0.717, 1.165) is 5.56 Å². The number of amides is 3. The Kier molecular flexibility index (Phi) is 6.66. The Morgan fingerprint density at radius 3 is 2.24 bits per heavy atom. The van der Waals surface area contributed by atoms with Gasteiger partial charge < -0.3 is 15.1 Å². The first-order valence-electron chi connectivity index (χ1n) is 9.25. The van der Waals surface area contributed by atoms with Gasteiger partial charge in [0.1, 0.15) is 0 Å². The van der Waals surface area contributed by atoms with E-state index < -0.39 is 4.92 Å². The van der Waals surface area contributed by atoms with Crippen LogP contribution in [0.25, 0.3) is 0 Å². The van der Waals surface area contributed by atoms with Crippen LogP contribution in [0.1, 0.15) is 12.0 Å². The number of nitro benzene ring substituents is 1. The molecule has 1 fully saturated rings. The number of halogens is 1. The third kappa shape index (κ3) is 5.68. The maximum atomic E-state index is 12.6. The average Bonchev–Trinajstić information content (AvgIpc) is 2.96. The minimum atomic E-state index is -0.468. The number of benzene rings is 2. The standard InChI is InChI=1S/C20H21ClN4O4/c21-16-4-6-17(7-5-16)22-20(27)24-11-1-10-23(12-13-24)19(26)14-15-2-8-18(9-3-15)25(28)29/h2-9H,1,10-14H2,(H,22,27). The molecule has 1 aliphatic rings. The van der Waals surface area contributed by atoms with E-state index in [9.17, 15) is 19.7 Å². The predicted octanol–water partition coefficient (Wildman–Crippen LogP) is 3.56. The van der Waals surface area contributed by atoms with Gasteiger partial charge in [0.05, 0.1) is 11.3 Å². The number of urea groups is 1. The molecule has 0 unspecified atom stereocenters. The number of carbonyl (C=O) groups is 2. The summed E-state index contributed by atoms with van der Waals surface area (Å²) >= 11 is 5.85. The van der Waals surface area contributed by atoms with Crippen molar-refractivity contribution >= 4 is 34.9 Å². The maximum absolute atomic E-state index is 12.6. The Balaban J connectivity index is 1.53. The minimum absolute atomic E-state index is 0.00156. The summed E-state index contributed by atoms with van der Waals surface area (Å²) in [5, 5.41) is 14.2. The van der Waals surface area contributed by atoms with Crippen LogP contribution in [-0.4, -0.2) is 52.8 Å². The zero-order valence-electron chi connectivity index (χ0n) is 15.7. The fraction of sp³-hybridized carbons (Fsp3) is 0.300. The lowest BCUT2D eigenvalue weighted by Gasteiger charge is -2.22. The predicted molar refractivity (Wildman–Crippen MR) is 110 cm³/mol. The van der Waals surface area contributed by atoms with E-state index in [4.69, 9.17) is 11.6 Å². The molecule has 0 saturated carbocycles. The molecule has 1 N–H and O–H groups in total. The molecule has 0 atom stereocenters. The summed E-state index contributed by atoms with van der Waals surface area (Å²) in [6.07, 6.45) is 0.856. The monoisotopic (exact) mass is 416 g/mol. The van der Waals surface area contributed by atoms with Gasteiger partial charge in [0, 0.05) is 49.0 Å². The highest BCUT2D eigenvalue weighted by Crippen LogP contribution is 2.16. The quantitative estimate of drug-likeness (QED) is 0.608. The Labute approximate surface area is 173 Å². The molecule has 1 aliphatic heterocycles. The van der Waals surface area contributed by atoms with Crippen LogP contribution in [-0.2, 0) is 11.2 Å². The summed E-state index contributed by atoms with van der Waals surface area (Å²) in [5.74, 6) is -0.0567. The van der Waals surface area contributed by atoms with Crippen LogP contribution < -0.4 is 5.32 Å². The highest BCUT2D eigenvalue weighted by Gasteiger charge is 2.22. The lowest BCUT2D eigenvalue weighted by Crippen LogP contribution is -2.39. The Hall–Kier alpha value is -3.13. The van der Waals surface area contributed by atoms with Crippen LogP contribution in [0.2, 0.25) is 5.02 Å². The van der Waals surface area contributed by atoms with E-state index in [1.165, 1.54) is 12.1 Å². The molecule has 2 aromatic carbocycles. The largest absolute Gasteiger partial charge is 0.341 e. The van der Waals surface area contributed by atoms with Crippen molar-refractivity contribution in [2.45, 2.75) is 12.8 Å². The number of hydrogen-bond donors (Lipinski definition) is 1. The summed E-state index contributed by atoms with van der Waals surface area (Å²) in [6, 6.07) is 12.7. The Bertz CT molecular complexity index is 886. The van der Waals surface area contributed by atoms with Crippen molar-refractivity contribution in [3.8, 4) is 0 Å². The van der Waals surface area contributed by atoms with Gasteiger partial charge in [-0.2, -0.15) is 0 Å². The molecule has 3 rings (SSSR count). The van der Waals surface area contributed by atoms with Gasteiger partial charge in [-0.3, -0.25) is 14.9 Å². The molecule has 1 saturated heterocycles. The molecule has 29 heavy (non-hydrogen) atoms. The first kappa shape index (κ1) is 20.6. The molecule has 0 spiro atoms. The second-order valence-corrected chi connectivity index (χ2v) is 7.20. The van der Waals surface area contributed by atoms with Crippen molar-refractivity contribution in [1.29, 1.82) is 0 Å². The number of rotatable bonds is 4. The summed E-state index contributed by atoms with van der Waals surface area (Å²) in [6.45, 7) is 2.00. The van der Waals surface area contributed by atoms with E-state index in [0.29, 0.717) is 43.3 Å². The molecule has 9 heteroatoms. The Morgan fingerprint density at radius 1 is 0.966 bits per heavy atom. The zero-order valence-corrected chi connectivity index (χ0v) is 16.5. The fourth-order valence-electron chi connectivity index (χ4n) is 3.13. The SMILES string of the molecule is O=C(Cc1ccc([N+](=O)[O-])cc1)N1CCCN(C(=O)Nc2ccc(Cl)cc2)CC1. The number of nitrogens with one attached hydrogen (secondary N) is 1. The van der Waals surface area contributed by atoms with Crippen molar-refractivity contribution in [2.75, 3.05) is 31.5 Å². The number of anilines is 1. The third-order valence-electron chi connectivity index (χ3n) is 4.73. The molecule has 1 heterocycles. The number of non-ortho nitro benzene ring substituents is 1. The van der Waals surface area contributed by atoms with Crippen molar-refractivity contribution < 1.29 is 14.5 Å². The van der Waals surface area contributed by atoms with E-state index in [1.807, 2.05) is 0 Å². The number of carbonyl (C=O) groups excluding carboxylic acids is 2.